The third-order valence-corrected chi connectivity index (χ3v) is 4.03. The van der Waals surface area contributed by atoms with E-state index in [0.29, 0.717) is 11.5 Å². The molecule has 1 heterocycles. The van der Waals surface area contributed by atoms with E-state index in [1.54, 1.807) is 0 Å². The molecule has 0 spiro atoms. The van der Waals surface area contributed by atoms with E-state index in [0.717, 1.165) is 6.42 Å². The summed E-state index contributed by atoms with van der Waals surface area (Å²) < 4.78 is 0. The molecule has 5 nitrogen and oxygen atoms in total. The Balaban J connectivity index is 1.86. The van der Waals surface area contributed by atoms with Crippen molar-refractivity contribution in [1.82, 2.24) is 10.3 Å². The van der Waals surface area contributed by atoms with E-state index >= 15 is 0 Å². The van der Waals surface area contributed by atoms with E-state index in [4.69, 9.17) is 5.11 Å². The number of aromatic carboxylic acids is 1. The zero-order valence-electron chi connectivity index (χ0n) is 12.3. The molecule has 1 aromatic rings. The van der Waals surface area contributed by atoms with Crippen molar-refractivity contribution in [3.63, 3.8) is 0 Å². The largest absolute Gasteiger partial charge is 0.477 e. The quantitative estimate of drug-likeness (QED) is 0.874. The summed E-state index contributed by atoms with van der Waals surface area (Å²) in [4.78, 5) is 26.6. The van der Waals surface area contributed by atoms with Crippen LogP contribution >= 0.6 is 0 Å². The second-order valence-electron chi connectivity index (χ2n) is 5.85. The van der Waals surface area contributed by atoms with Crippen LogP contribution in [0.15, 0.2) is 18.3 Å². The molecule has 0 radical (unpaired) electrons. The van der Waals surface area contributed by atoms with Gasteiger partial charge in [-0.25, -0.2) is 9.78 Å². The minimum atomic E-state index is -1.09. The van der Waals surface area contributed by atoms with Gasteiger partial charge in [-0.2, -0.15) is 0 Å². The zero-order chi connectivity index (χ0) is 15.2. The smallest absolute Gasteiger partial charge is 0.354 e. The van der Waals surface area contributed by atoms with Gasteiger partial charge in [0.25, 0.3) is 5.91 Å². The van der Waals surface area contributed by atoms with Gasteiger partial charge in [0.2, 0.25) is 0 Å². The number of pyridine rings is 1. The molecule has 0 unspecified atom stereocenters. The Kier molecular flexibility index (Phi) is 5.31. The van der Waals surface area contributed by atoms with Crippen LogP contribution in [0.4, 0.5) is 0 Å². The fourth-order valence-electron chi connectivity index (χ4n) is 2.94. The lowest BCUT2D eigenvalue weighted by atomic mass is 9.85. The van der Waals surface area contributed by atoms with Gasteiger partial charge in [-0.3, -0.25) is 4.79 Å². The number of nitrogens with one attached hydrogen (secondary N) is 1. The summed E-state index contributed by atoms with van der Waals surface area (Å²) in [5, 5.41) is 11.7. The highest BCUT2D eigenvalue weighted by Crippen LogP contribution is 2.27. The lowest BCUT2D eigenvalue weighted by molar-refractivity contribution is 0.0689. The molecule has 1 aromatic heterocycles. The van der Waals surface area contributed by atoms with Crippen LogP contribution in [0.3, 0.4) is 0 Å². The van der Waals surface area contributed by atoms with E-state index in [1.165, 1.54) is 50.4 Å². The van der Waals surface area contributed by atoms with Crippen molar-refractivity contribution in [1.29, 1.82) is 0 Å². The lowest BCUT2D eigenvalue weighted by Gasteiger charge is -2.25. The number of rotatable bonds is 5. The number of carbonyl (C=O) groups excluding carboxylic acids is 1. The second-order valence-corrected chi connectivity index (χ2v) is 5.85. The summed E-state index contributed by atoms with van der Waals surface area (Å²) in [7, 11) is 0. The van der Waals surface area contributed by atoms with E-state index in [2.05, 4.69) is 10.3 Å². The van der Waals surface area contributed by atoms with Crippen molar-refractivity contribution in [2.75, 3.05) is 0 Å². The first-order valence-corrected chi connectivity index (χ1v) is 7.56. The van der Waals surface area contributed by atoms with Crippen molar-refractivity contribution in [2.45, 2.75) is 51.5 Å². The first kappa shape index (κ1) is 15.5. The molecule has 2 rings (SSSR count). The molecule has 1 saturated carbocycles. The van der Waals surface area contributed by atoms with Gasteiger partial charge in [0.1, 0.15) is 5.69 Å². The Hall–Kier alpha value is -1.91. The number of aromatic nitrogens is 1. The van der Waals surface area contributed by atoms with Gasteiger partial charge in [0, 0.05) is 12.2 Å². The first-order valence-electron chi connectivity index (χ1n) is 7.56. The minimum Gasteiger partial charge on any atom is -0.477 e. The number of amides is 1. The standard InChI is InChI=1S/C16H22N2O3/c1-11(9-12-5-3-2-4-6-12)18-15(19)13-7-8-14(16(20)21)17-10-13/h7-8,10-12H,2-6,9H2,1H3,(H,18,19)(H,20,21)/t11-/m1/s1. The molecule has 1 atom stereocenters. The molecular formula is C16H22N2O3. The Morgan fingerprint density at radius 1 is 1.33 bits per heavy atom. The monoisotopic (exact) mass is 290 g/mol. The maximum atomic E-state index is 12.1. The van der Waals surface area contributed by atoms with Gasteiger partial charge in [-0.1, -0.05) is 32.1 Å². The Morgan fingerprint density at radius 2 is 2.05 bits per heavy atom. The predicted molar refractivity (Wildman–Crippen MR) is 79.3 cm³/mol. The van der Waals surface area contributed by atoms with Gasteiger partial charge in [0.05, 0.1) is 5.56 Å². The summed E-state index contributed by atoms with van der Waals surface area (Å²) in [6.07, 6.45) is 8.76. The maximum Gasteiger partial charge on any atom is 0.354 e. The summed E-state index contributed by atoms with van der Waals surface area (Å²) >= 11 is 0. The fourth-order valence-corrected chi connectivity index (χ4v) is 2.94. The molecule has 1 aliphatic rings. The number of nitrogens with zero attached hydrogens (tertiary/aromatic N) is 1. The average Bonchev–Trinajstić information content (AvgIpc) is 2.48. The van der Waals surface area contributed by atoms with Crippen LogP contribution in [-0.2, 0) is 0 Å². The highest BCUT2D eigenvalue weighted by atomic mass is 16.4. The van der Waals surface area contributed by atoms with Crippen LogP contribution in [0.1, 0.15) is 66.3 Å². The van der Waals surface area contributed by atoms with Crippen molar-refractivity contribution >= 4 is 11.9 Å². The van der Waals surface area contributed by atoms with E-state index in [1.807, 2.05) is 6.92 Å². The number of carbonyl (C=O) groups is 2. The fraction of sp³-hybridized carbons (Fsp3) is 0.562. The lowest BCUT2D eigenvalue weighted by Crippen LogP contribution is -2.34. The third-order valence-electron chi connectivity index (χ3n) is 4.03. The highest BCUT2D eigenvalue weighted by molar-refractivity contribution is 5.95. The summed E-state index contributed by atoms with van der Waals surface area (Å²) in [6, 6.07) is 2.97. The minimum absolute atomic E-state index is 0.0539. The summed E-state index contributed by atoms with van der Waals surface area (Å²) in [5.74, 6) is -0.572. The van der Waals surface area contributed by atoms with E-state index in [-0.39, 0.29) is 17.6 Å². The van der Waals surface area contributed by atoms with Crippen LogP contribution in [0, 0.1) is 5.92 Å². The van der Waals surface area contributed by atoms with Crippen LogP contribution in [0.2, 0.25) is 0 Å². The summed E-state index contributed by atoms with van der Waals surface area (Å²) in [5.41, 5.74) is 0.345. The van der Waals surface area contributed by atoms with Crippen molar-refractivity contribution in [2.24, 2.45) is 5.92 Å². The van der Waals surface area contributed by atoms with Crippen LogP contribution in [0.25, 0.3) is 0 Å². The number of hydrogen-bond donors (Lipinski definition) is 2. The second kappa shape index (κ2) is 7.20. The van der Waals surface area contributed by atoms with E-state index < -0.39 is 5.97 Å². The molecule has 0 aliphatic heterocycles. The molecule has 1 fully saturated rings. The molecule has 1 aliphatic carbocycles. The first-order chi connectivity index (χ1) is 10.1. The highest BCUT2D eigenvalue weighted by Gasteiger charge is 2.18. The Labute approximate surface area is 124 Å². The molecule has 0 aromatic carbocycles. The molecule has 1 amide bonds. The molecule has 5 heteroatoms. The summed E-state index contributed by atoms with van der Waals surface area (Å²) in [6.45, 7) is 2.02. The van der Waals surface area contributed by atoms with Crippen LogP contribution in [0.5, 0.6) is 0 Å². The molecule has 2 N–H and O–H groups in total. The van der Waals surface area contributed by atoms with Gasteiger partial charge in [-0.05, 0) is 31.4 Å². The predicted octanol–water partition coefficient (Wildman–Crippen LogP) is 2.87. The van der Waals surface area contributed by atoms with Gasteiger partial charge in [-0.15, -0.1) is 0 Å². The van der Waals surface area contributed by atoms with Gasteiger partial charge >= 0.3 is 5.97 Å². The SMILES string of the molecule is C[C@H](CC1CCCCC1)NC(=O)c1ccc(C(=O)O)nc1. The van der Waals surface area contributed by atoms with Gasteiger partial charge < -0.3 is 10.4 Å². The molecule has 0 bridgehead atoms. The van der Waals surface area contributed by atoms with E-state index in [9.17, 15) is 9.59 Å². The normalized spacial score (nSPS) is 17.2. The Morgan fingerprint density at radius 3 is 2.62 bits per heavy atom. The number of carboxylic acid groups (broad SMARTS) is 1. The molecule has 114 valence electrons. The van der Waals surface area contributed by atoms with Crippen molar-refractivity contribution in [3.8, 4) is 0 Å². The molecular weight excluding hydrogens is 268 g/mol. The molecule has 21 heavy (non-hydrogen) atoms. The van der Waals surface area contributed by atoms with Crippen molar-refractivity contribution in [3.05, 3.63) is 29.6 Å². The zero-order valence-corrected chi connectivity index (χ0v) is 12.3. The van der Waals surface area contributed by atoms with Gasteiger partial charge in [0.15, 0.2) is 0 Å². The van der Waals surface area contributed by atoms with Crippen molar-refractivity contribution < 1.29 is 14.7 Å². The maximum absolute atomic E-state index is 12.1. The van der Waals surface area contributed by atoms with Crippen LogP contribution < -0.4 is 5.32 Å². The topological polar surface area (TPSA) is 79.3 Å². The van der Waals surface area contributed by atoms with Crippen LogP contribution in [-0.4, -0.2) is 28.0 Å². The average molecular weight is 290 g/mol. The number of carboxylic acids is 1. The molecule has 0 saturated heterocycles. The number of hydrogen-bond acceptors (Lipinski definition) is 3. The third kappa shape index (κ3) is 4.55. The Bertz CT molecular complexity index is 493.